The van der Waals surface area contributed by atoms with E-state index < -0.39 is 24.0 Å². The summed E-state index contributed by atoms with van der Waals surface area (Å²) in [6.07, 6.45) is -1.11. The maximum absolute atomic E-state index is 12.1. The third-order valence-electron chi connectivity index (χ3n) is 2.95. The van der Waals surface area contributed by atoms with Gasteiger partial charge < -0.3 is 15.8 Å². The molecule has 4 N–H and O–H groups in total. The number of esters is 1. The number of carbonyl (C=O) groups is 3. The Balaban J connectivity index is 1.99. The lowest BCUT2D eigenvalue weighted by molar-refractivity contribution is -0.127. The lowest BCUT2D eigenvalue weighted by Gasteiger charge is -2.14. The lowest BCUT2D eigenvalue weighted by Crippen LogP contribution is -2.46. The predicted octanol–water partition coefficient (Wildman–Crippen LogP) is 1.66. The number of urea groups is 1. The molecule has 0 aliphatic carbocycles. The van der Waals surface area contributed by atoms with Crippen molar-refractivity contribution in [3.63, 3.8) is 0 Å². The van der Waals surface area contributed by atoms with Crippen LogP contribution in [-0.4, -0.2) is 35.0 Å². The van der Waals surface area contributed by atoms with Gasteiger partial charge in [-0.1, -0.05) is 11.3 Å². The van der Waals surface area contributed by atoms with Crippen LogP contribution >= 0.6 is 11.3 Å². The van der Waals surface area contributed by atoms with Crippen LogP contribution in [-0.2, 0) is 9.53 Å². The van der Waals surface area contributed by atoms with Gasteiger partial charge in [0.15, 0.2) is 11.2 Å². The summed E-state index contributed by atoms with van der Waals surface area (Å²) >= 11 is 1.25. The summed E-state index contributed by atoms with van der Waals surface area (Å²) < 4.78 is 5.83. The van der Waals surface area contributed by atoms with Crippen molar-refractivity contribution in [1.82, 2.24) is 15.6 Å². The van der Waals surface area contributed by atoms with Gasteiger partial charge >= 0.3 is 12.0 Å². The minimum absolute atomic E-state index is 0.116. The predicted molar refractivity (Wildman–Crippen MR) is 90.7 cm³/mol. The Morgan fingerprint density at radius 1 is 1.25 bits per heavy atom. The number of nitrogen functional groups attached to an aromatic ring is 1. The van der Waals surface area contributed by atoms with E-state index >= 15 is 0 Å². The molecule has 1 atom stereocenters. The van der Waals surface area contributed by atoms with Gasteiger partial charge in [0, 0.05) is 6.04 Å². The number of nitrogens with two attached hydrogens (primary N) is 1. The number of fused-ring (bicyclic) bond motifs is 1. The maximum Gasteiger partial charge on any atom is 0.338 e. The Morgan fingerprint density at radius 3 is 2.62 bits per heavy atom. The van der Waals surface area contributed by atoms with Crippen molar-refractivity contribution in [2.24, 2.45) is 0 Å². The number of hydrogen-bond donors (Lipinski definition) is 3. The first-order valence-corrected chi connectivity index (χ1v) is 8.06. The molecule has 9 heteroatoms. The summed E-state index contributed by atoms with van der Waals surface area (Å²) in [5, 5.41) is 5.02. The van der Waals surface area contributed by atoms with Crippen molar-refractivity contribution < 1.29 is 19.1 Å². The van der Waals surface area contributed by atoms with Gasteiger partial charge in [0.2, 0.25) is 0 Å². The molecule has 24 heavy (non-hydrogen) atoms. The number of amides is 3. The van der Waals surface area contributed by atoms with E-state index in [1.54, 1.807) is 32.0 Å². The van der Waals surface area contributed by atoms with E-state index in [-0.39, 0.29) is 11.6 Å². The molecule has 8 nitrogen and oxygen atoms in total. The normalized spacial score (nSPS) is 12.0. The number of aromatic nitrogens is 1. The quantitative estimate of drug-likeness (QED) is 0.721. The molecule has 1 unspecified atom stereocenters. The average Bonchev–Trinajstić information content (AvgIpc) is 2.84. The van der Waals surface area contributed by atoms with E-state index in [0.29, 0.717) is 10.6 Å². The van der Waals surface area contributed by atoms with E-state index in [9.17, 15) is 14.4 Å². The molecule has 0 aliphatic heterocycles. The maximum atomic E-state index is 12.1. The molecule has 0 bridgehead atoms. The zero-order chi connectivity index (χ0) is 17.9. The van der Waals surface area contributed by atoms with Crippen LogP contribution in [0.4, 0.5) is 9.93 Å². The summed E-state index contributed by atoms with van der Waals surface area (Å²) in [6, 6.07) is 4.04. The molecule has 1 aromatic heterocycles. The number of nitrogens with zero attached hydrogens (tertiary/aromatic N) is 1. The monoisotopic (exact) mass is 350 g/mol. The molecular weight excluding hydrogens is 332 g/mol. The molecule has 2 rings (SSSR count). The average molecular weight is 350 g/mol. The van der Waals surface area contributed by atoms with Crippen molar-refractivity contribution in [3.8, 4) is 0 Å². The second-order valence-corrected chi connectivity index (χ2v) is 6.46. The number of thiazole rings is 1. The van der Waals surface area contributed by atoms with E-state index in [0.717, 1.165) is 4.70 Å². The number of nitrogens with one attached hydrogen (secondary N) is 2. The van der Waals surface area contributed by atoms with Crippen molar-refractivity contribution in [1.29, 1.82) is 0 Å². The van der Waals surface area contributed by atoms with Gasteiger partial charge in [-0.25, -0.2) is 14.6 Å². The first kappa shape index (κ1) is 17.7. The SMILES string of the molecule is CC(C)NC(=O)NC(=O)C(C)OC(=O)c1ccc2nc(N)sc2c1. The Hall–Kier alpha value is -2.68. The summed E-state index contributed by atoms with van der Waals surface area (Å²) in [6.45, 7) is 4.91. The molecule has 128 valence electrons. The van der Waals surface area contributed by atoms with Crippen LogP contribution in [0.15, 0.2) is 18.2 Å². The van der Waals surface area contributed by atoms with E-state index in [1.807, 2.05) is 0 Å². The van der Waals surface area contributed by atoms with Crippen LogP contribution in [0.25, 0.3) is 10.2 Å². The van der Waals surface area contributed by atoms with Crippen LogP contribution in [0.3, 0.4) is 0 Å². The van der Waals surface area contributed by atoms with Crippen LogP contribution in [0.1, 0.15) is 31.1 Å². The first-order chi connectivity index (χ1) is 11.3. The molecule has 1 aromatic carbocycles. The third-order valence-corrected chi connectivity index (χ3v) is 3.80. The lowest BCUT2D eigenvalue weighted by atomic mass is 10.2. The van der Waals surface area contributed by atoms with Crippen molar-refractivity contribution in [2.45, 2.75) is 32.9 Å². The summed E-state index contributed by atoms with van der Waals surface area (Å²) in [4.78, 5) is 39.5. The summed E-state index contributed by atoms with van der Waals surface area (Å²) in [5.74, 6) is -1.37. The van der Waals surface area contributed by atoms with Gasteiger partial charge in [-0.15, -0.1) is 0 Å². The largest absolute Gasteiger partial charge is 0.449 e. The highest BCUT2D eigenvalue weighted by Gasteiger charge is 2.21. The minimum Gasteiger partial charge on any atom is -0.449 e. The number of ether oxygens (including phenoxy) is 1. The first-order valence-electron chi connectivity index (χ1n) is 7.24. The van der Waals surface area contributed by atoms with Crippen LogP contribution < -0.4 is 16.4 Å². The topological polar surface area (TPSA) is 123 Å². The van der Waals surface area contributed by atoms with Gasteiger partial charge in [-0.2, -0.15) is 0 Å². The number of imide groups is 1. The number of hydrogen-bond acceptors (Lipinski definition) is 7. The number of anilines is 1. The molecule has 0 spiro atoms. The smallest absolute Gasteiger partial charge is 0.338 e. The van der Waals surface area contributed by atoms with Crippen LogP contribution in [0, 0.1) is 0 Å². The minimum atomic E-state index is -1.11. The number of benzene rings is 1. The molecule has 1 heterocycles. The van der Waals surface area contributed by atoms with Gasteiger partial charge in [-0.3, -0.25) is 10.1 Å². The zero-order valence-corrected chi connectivity index (χ0v) is 14.3. The fourth-order valence-electron chi connectivity index (χ4n) is 1.86. The van der Waals surface area contributed by atoms with Gasteiger partial charge in [-0.05, 0) is 39.0 Å². The van der Waals surface area contributed by atoms with E-state index in [4.69, 9.17) is 10.5 Å². The van der Waals surface area contributed by atoms with Gasteiger partial charge in [0.05, 0.1) is 15.8 Å². The second-order valence-electron chi connectivity index (χ2n) is 5.40. The molecule has 0 aliphatic rings. The summed E-state index contributed by atoms with van der Waals surface area (Å²) in [7, 11) is 0. The molecular formula is C15H18N4O4S. The summed E-state index contributed by atoms with van der Waals surface area (Å²) in [5.41, 5.74) is 6.58. The highest BCUT2D eigenvalue weighted by atomic mass is 32.1. The van der Waals surface area contributed by atoms with E-state index in [2.05, 4.69) is 15.6 Å². The Kier molecular flexibility index (Phi) is 5.35. The Labute approximate surface area is 142 Å². The third kappa shape index (κ3) is 4.42. The zero-order valence-electron chi connectivity index (χ0n) is 13.5. The molecule has 0 saturated carbocycles. The van der Waals surface area contributed by atoms with Crippen LogP contribution in [0.2, 0.25) is 0 Å². The molecule has 0 radical (unpaired) electrons. The Morgan fingerprint density at radius 2 is 1.96 bits per heavy atom. The van der Waals surface area contributed by atoms with Crippen molar-refractivity contribution >= 4 is 44.6 Å². The number of carbonyl (C=O) groups excluding carboxylic acids is 3. The van der Waals surface area contributed by atoms with Crippen molar-refractivity contribution in [3.05, 3.63) is 23.8 Å². The highest BCUT2D eigenvalue weighted by molar-refractivity contribution is 7.22. The molecule has 3 amide bonds. The van der Waals surface area contributed by atoms with Crippen molar-refractivity contribution in [2.75, 3.05) is 5.73 Å². The molecule has 2 aromatic rings. The van der Waals surface area contributed by atoms with Gasteiger partial charge in [0.25, 0.3) is 5.91 Å². The highest BCUT2D eigenvalue weighted by Crippen LogP contribution is 2.24. The number of rotatable bonds is 4. The van der Waals surface area contributed by atoms with Gasteiger partial charge in [0.1, 0.15) is 0 Å². The second kappa shape index (κ2) is 7.26. The van der Waals surface area contributed by atoms with Crippen LogP contribution in [0.5, 0.6) is 0 Å². The molecule has 0 fully saturated rings. The van der Waals surface area contributed by atoms with E-state index in [1.165, 1.54) is 18.3 Å². The standard InChI is InChI=1S/C15H18N4O4S/c1-7(2)17-15(22)19-12(20)8(3)23-13(21)9-4-5-10-11(6-9)24-14(16)18-10/h4-8H,1-3H3,(H2,16,18)(H2,17,19,20,22). The Bertz CT molecular complexity index is 787. The fraction of sp³-hybridized carbons (Fsp3) is 0.333. The fourth-order valence-corrected chi connectivity index (χ4v) is 2.64. The molecule has 0 saturated heterocycles.